The Bertz CT molecular complexity index is 892. The molecule has 0 amide bonds. The molecule has 0 saturated carbocycles. The van der Waals surface area contributed by atoms with Gasteiger partial charge in [0.05, 0.1) is 6.61 Å². The summed E-state index contributed by atoms with van der Waals surface area (Å²) in [6, 6.07) is 17.0. The van der Waals surface area contributed by atoms with Gasteiger partial charge in [-0.05, 0) is 48.8 Å². The second-order valence-corrected chi connectivity index (χ2v) is 8.26. The second-order valence-electron chi connectivity index (χ2n) is 8.26. The van der Waals surface area contributed by atoms with Gasteiger partial charge in [0, 0.05) is 35.7 Å². The van der Waals surface area contributed by atoms with Gasteiger partial charge in [-0.25, -0.2) is 0 Å². The number of aromatic nitrogens is 1. The first-order chi connectivity index (χ1) is 14.1. The molecule has 0 atom stereocenters. The van der Waals surface area contributed by atoms with Crippen LogP contribution >= 0.6 is 0 Å². The Morgan fingerprint density at radius 2 is 1.69 bits per heavy atom. The molecule has 2 aromatic carbocycles. The summed E-state index contributed by atoms with van der Waals surface area (Å²) >= 11 is 0. The lowest BCUT2D eigenvalue weighted by molar-refractivity contribution is 0.0873. The van der Waals surface area contributed by atoms with E-state index in [1.807, 2.05) is 30.5 Å². The highest BCUT2D eigenvalue weighted by Gasteiger charge is 2.11. The Morgan fingerprint density at radius 3 is 2.48 bits per heavy atom. The lowest BCUT2D eigenvalue weighted by Gasteiger charge is -2.07. The summed E-state index contributed by atoms with van der Waals surface area (Å²) in [4.78, 5) is 15.6. The van der Waals surface area contributed by atoms with E-state index in [1.54, 1.807) is 0 Å². The molecule has 3 aromatic rings. The molecule has 0 aliphatic carbocycles. The molecule has 0 spiro atoms. The van der Waals surface area contributed by atoms with Crippen LogP contribution in [0.15, 0.2) is 54.7 Å². The van der Waals surface area contributed by atoms with Crippen molar-refractivity contribution < 1.29 is 9.53 Å². The molecule has 0 aliphatic heterocycles. The number of Topliss-reactive ketones (excluding diaryl/α,β-unsaturated/α-hetero) is 1. The first-order valence-electron chi connectivity index (χ1n) is 10.9. The summed E-state index contributed by atoms with van der Waals surface area (Å²) in [5, 5.41) is 0.995. The van der Waals surface area contributed by atoms with Gasteiger partial charge in [-0.2, -0.15) is 0 Å². The highest BCUT2D eigenvalue weighted by molar-refractivity contribution is 6.07. The van der Waals surface area contributed by atoms with Crippen molar-refractivity contribution in [2.24, 2.45) is 5.92 Å². The van der Waals surface area contributed by atoms with E-state index < -0.39 is 0 Å². The highest BCUT2D eigenvalue weighted by atomic mass is 16.5. The minimum absolute atomic E-state index is 0.142. The number of ketones is 1. The maximum atomic E-state index is 12.4. The van der Waals surface area contributed by atoms with E-state index in [4.69, 9.17) is 4.74 Å². The maximum Gasteiger partial charge on any atom is 0.167 e. The number of nitrogens with one attached hydrogen (secondary N) is 1. The number of H-pyrrole nitrogens is 1. The van der Waals surface area contributed by atoms with Crippen LogP contribution in [0.3, 0.4) is 0 Å². The third-order valence-corrected chi connectivity index (χ3v) is 5.28. The van der Waals surface area contributed by atoms with Crippen molar-refractivity contribution in [2.75, 3.05) is 13.2 Å². The zero-order chi connectivity index (χ0) is 20.5. The maximum absolute atomic E-state index is 12.4. The quantitative estimate of drug-likeness (QED) is 0.288. The predicted molar refractivity (Wildman–Crippen MR) is 121 cm³/mol. The van der Waals surface area contributed by atoms with Crippen LogP contribution in [-0.2, 0) is 17.6 Å². The van der Waals surface area contributed by atoms with E-state index in [-0.39, 0.29) is 5.78 Å². The number of benzene rings is 2. The minimum atomic E-state index is 0.142. The van der Waals surface area contributed by atoms with Crippen molar-refractivity contribution in [2.45, 2.75) is 52.4 Å². The number of carbonyl (C=O) groups is 1. The van der Waals surface area contributed by atoms with Gasteiger partial charge in [0.2, 0.25) is 0 Å². The number of fused-ring (bicyclic) bond motifs is 1. The predicted octanol–water partition coefficient (Wildman–Crippen LogP) is 6.37. The van der Waals surface area contributed by atoms with Crippen molar-refractivity contribution >= 4 is 16.7 Å². The number of carbonyl (C=O) groups excluding carboxylic acids is 1. The van der Waals surface area contributed by atoms with E-state index >= 15 is 0 Å². The Balaban J connectivity index is 1.26. The number of rotatable bonds is 12. The molecule has 0 saturated heterocycles. The number of hydrogen-bond donors (Lipinski definition) is 1. The van der Waals surface area contributed by atoms with Gasteiger partial charge >= 0.3 is 0 Å². The molecule has 0 unspecified atom stereocenters. The van der Waals surface area contributed by atoms with Crippen LogP contribution in [0.2, 0.25) is 0 Å². The van der Waals surface area contributed by atoms with Crippen LogP contribution in [0.1, 0.15) is 61.0 Å². The van der Waals surface area contributed by atoms with E-state index in [0.717, 1.165) is 48.8 Å². The van der Waals surface area contributed by atoms with Crippen LogP contribution in [0.4, 0.5) is 0 Å². The Labute approximate surface area is 174 Å². The zero-order valence-corrected chi connectivity index (χ0v) is 17.7. The summed E-state index contributed by atoms with van der Waals surface area (Å²) in [7, 11) is 0. The molecule has 1 heterocycles. The van der Waals surface area contributed by atoms with Gasteiger partial charge in [-0.1, -0.05) is 62.7 Å². The molecule has 0 radical (unpaired) electrons. The normalized spacial score (nSPS) is 11.4. The molecule has 29 heavy (non-hydrogen) atoms. The third-order valence-electron chi connectivity index (χ3n) is 5.28. The van der Waals surface area contributed by atoms with E-state index in [0.29, 0.717) is 18.9 Å². The van der Waals surface area contributed by atoms with Gasteiger partial charge in [-0.15, -0.1) is 0 Å². The van der Waals surface area contributed by atoms with Crippen molar-refractivity contribution in [3.63, 3.8) is 0 Å². The molecular formula is C26H33NO2. The molecule has 1 N–H and O–H groups in total. The Morgan fingerprint density at radius 1 is 0.931 bits per heavy atom. The monoisotopic (exact) mass is 391 g/mol. The lowest BCUT2D eigenvalue weighted by atomic mass is 10.00. The summed E-state index contributed by atoms with van der Waals surface area (Å²) < 4.78 is 5.69. The number of ether oxygens (including phenoxy) is 1. The fourth-order valence-electron chi connectivity index (χ4n) is 3.73. The van der Waals surface area contributed by atoms with Crippen molar-refractivity contribution in [3.05, 3.63) is 71.4 Å². The average molecular weight is 392 g/mol. The van der Waals surface area contributed by atoms with Gasteiger partial charge in [0.25, 0.3) is 0 Å². The largest absolute Gasteiger partial charge is 0.381 e. The average Bonchev–Trinajstić information content (AvgIpc) is 3.15. The molecule has 0 aliphatic rings. The minimum Gasteiger partial charge on any atom is -0.381 e. The van der Waals surface area contributed by atoms with Crippen LogP contribution in [-0.4, -0.2) is 24.0 Å². The molecule has 1 aromatic heterocycles. The van der Waals surface area contributed by atoms with Crippen LogP contribution < -0.4 is 0 Å². The van der Waals surface area contributed by atoms with E-state index in [2.05, 4.69) is 43.1 Å². The summed E-state index contributed by atoms with van der Waals surface area (Å²) in [5.41, 5.74) is 4.62. The van der Waals surface area contributed by atoms with E-state index in [1.165, 1.54) is 17.5 Å². The number of aromatic amines is 1. The fraction of sp³-hybridized carbons (Fsp3) is 0.423. The molecule has 3 rings (SSSR count). The Kier molecular flexibility index (Phi) is 8.06. The SMILES string of the molecule is CC(C)Cc1ccc(CCCCCOCCC(=O)c2c[nH]c3ccccc23)cc1. The third kappa shape index (κ3) is 6.57. The highest BCUT2D eigenvalue weighted by Crippen LogP contribution is 2.19. The summed E-state index contributed by atoms with van der Waals surface area (Å²) in [6.45, 7) is 5.74. The smallest absolute Gasteiger partial charge is 0.167 e. The number of unbranched alkanes of at least 4 members (excludes halogenated alkanes) is 2. The van der Waals surface area contributed by atoms with Crippen molar-refractivity contribution in [1.29, 1.82) is 0 Å². The van der Waals surface area contributed by atoms with E-state index in [9.17, 15) is 4.79 Å². The van der Waals surface area contributed by atoms with Crippen LogP contribution in [0.5, 0.6) is 0 Å². The van der Waals surface area contributed by atoms with Crippen LogP contribution in [0, 0.1) is 5.92 Å². The molecule has 3 heteroatoms. The second kappa shape index (κ2) is 11.0. The standard InChI is InChI=1S/C26H33NO2/c1-20(2)18-22-13-11-21(12-14-22)8-4-3-7-16-29-17-15-26(28)24-19-27-25-10-6-5-9-23(24)25/h5-6,9-14,19-20,27H,3-4,7-8,15-18H2,1-2H3. The molecule has 0 bridgehead atoms. The van der Waals surface area contributed by atoms with Crippen molar-refractivity contribution in [3.8, 4) is 0 Å². The molecular weight excluding hydrogens is 358 g/mol. The zero-order valence-electron chi connectivity index (χ0n) is 17.7. The van der Waals surface area contributed by atoms with Crippen molar-refractivity contribution in [1.82, 2.24) is 4.98 Å². The summed E-state index contributed by atoms with van der Waals surface area (Å²) in [5.74, 6) is 0.849. The summed E-state index contributed by atoms with van der Waals surface area (Å²) in [6.07, 6.45) is 7.91. The molecule has 154 valence electrons. The van der Waals surface area contributed by atoms with Gasteiger partial charge in [0.15, 0.2) is 5.78 Å². The Hall–Kier alpha value is -2.39. The van der Waals surface area contributed by atoms with Crippen LogP contribution in [0.25, 0.3) is 10.9 Å². The number of para-hydroxylation sites is 1. The number of hydrogen-bond acceptors (Lipinski definition) is 2. The first kappa shape index (κ1) is 21.3. The van der Waals surface area contributed by atoms with Gasteiger partial charge < -0.3 is 9.72 Å². The molecule has 0 fully saturated rings. The lowest BCUT2D eigenvalue weighted by Crippen LogP contribution is -2.05. The first-order valence-corrected chi connectivity index (χ1v) is 10.9. The topological polar surface area (TPSA) is 42.1 Å². The fourth-order valence-corrected chi connectivity index (χ4v) is 3.73. The molecule has 3 nitrogen and oxygen atoms in total. The van der Waals surface area contributed by atoms with Gasteiger partial charge in [-0.3, -0.25) is 4.79 Å². The number of aryl methyl sites for hydroxylation is 1. The van der Waals surface area contributed by atoms with Gasteiger partial charge in [0.1, 0.15) is 0 Å².